The molecule has 0 N–H and O–H groups in total. The number of aryl methyl sites for hydroxylation is 1. The van der Waals surface area contributed by atoms with Gasteiger partial charge in [-0.05, 0) is 42.4 Å². The van der Waals surface area contributed by atoms with Gasteiger partial charge in [-0.15, -0.1) is 11.3 Å². The van der Waals surface area contributed by atoms with E-state index in [0.29, 0.717) is 5.92 Å². The van der Waals surface area contributed by atoms with Gasteiger partial charge >= 0.3 is 0 Å². The molecule has 3 nitrogen and oxygen atoms in total. The monoisotopic (exact) mass is 321 g/mol. The van der Waals surface area contributed by atoms with Gasteiger partial charge in [-0.3, -0.25) is 0 Å². The zero-order valence-corrected chi connectivity index (χ0v) is 14.7. The molecule has 0 unspecified atom stereocenters. The van der Waals surface area contributed by atoms with Crippen molar-refractivity contribution >= 4 is 39.1 Å². The largest absolute Gasteiger partial charge is 0.355 e. The number of thiophene rings is 1. The molecule has 0 aliphatic carbocycles. The summed E-state index contributed by atoms with van der Waals surface area (Å²) in [5.74, 6) is 5.21. The maximum atomic E-state index is 4.82. The van der Waals surface area contributed by atoms with Gasteiger partial charge in [-0.25, -0.2) is 9.97 Å². The Bertz CT molecular complexity index is 613. The van der Waals surface area contributed by atoms with Gasteiger partial charge < -0.3 is 4.90 Å². The van der Waals surface area contributed by atoms with E-state index < -0.39 is 0 Å². The molecule has 0 atom stereocenters. The molecule has 5 heteroatoms. The van der Waals surface area contributed by atoms with Crippen molar-refractivity contribution in [3.05, 3.63) is 16.8 Å². The van der Waals surface area contributed by atoms with Crippen LogP contribution in [0.15, 0.2) is 5.38 Å². The zero-order chi connectivity index (χ0) is 14.8. The molecule has 2 aromatic heterocycles. The molecule has 0 amide bonds. The molecule has 3 rings (SSSR count). The number of anilines is 1. The van der Waals surface area contributed by atoms with Crippen molar-refractivity contribution < 1.29 is 0 Å². The van der Waals surface area contributed by atoms with Crippen molar-refractivity contribution in [2.24, 2.45) is 5.92 Å². The van der Waals surface area contributed by atoms with Crippen LogP contribution in [0.3, 0.4) is 0 Å². The van der Waals surface area contributed by atoms with Crippen molar-refractivity contribution in [3.63, 3.8) is 0 Å². The summed E-state index contributed by atoms with van der Waals surface area (Å²) in [6, 6.07) is 0. The van der Waals surface area contributed by atoms with E-state index in [4.69, 9.17) is 4.98 Å². The van der Waals surface area contributed by atoms with E-state index in [-0.39, 0.29) is 0 Å². The molecule has 114 valence electrons. The SMILES string of the molecule is Cc1nc(N2CCCSCC2)c2c(CC(C)C)csc2n1. The van der Waals surface area contributed by atoms with Crippen LogP contribution < -0.4 is 4.90 Å². The molecule has 0 bridgehead atoms. The van der Waals surface area contributed by atoms with E-state index >= 15 is 0 Å². The third-order valence-electron chi connectivity index (χ3n) is 3.75. The minimum atomic E-state index is 0.664. The highest BCUT2D eigenvalue weighted by Gasteiger charge is 2.19. The summed E-state index contributed by atoms with van der Waals surface area (Å²) >= 11 is 3.83. The maximum Gasteiger partial charge on any atom is 0.141 e. The smallest absolute Gasteiger partial charge is 0.141 e. The predicted octanol–water partition coefficient (Wildman–Crippen LogP) is 4.14. The van der Waals surface area contributed by atoms with E-state index in [2.05, 4.69) is 40.9 Å². The van der Waals surface area contributed by atoms with E-state index in [1.165, 1.54) is 34.7 Å². The fourth-order valence-corrected chi connectivity index (χ4v) is 4.74. The molecular formula is C16H23N3S2. The van der Waals surface area contributed by atoms with Gasteiger partial charge in [0.1, 0.15) is 16.5 Å². The van der Waals surface area contributed by atoms with Crippen molar-refractivity contribution in [1.82, 2.24) is 9.97 Å². The Labute approximate surface area is 135 Å². The molecular weight excluding hydrogens is 298 g/mol. The zero-order valence-electron chi connectivity index (χ0n) is 13.1. The second-order valence-electron chi connectivity index (χ2n) is 6.09. The van der Waals surface area contributed by atoms with Gasteiger partial charge in [0.15, 0.2) is 0 Å². The summed E-state index contributed by atoms with van der Waals surface area (Å²) in [6.07, 6.45) is 2.36. The van der Waals surface area contributed by atoms with Gasteiger partial charge in [-0.1, -0.05) is 13.8 Å². The molecule has 1 aliphatic heterocycles. The molecule has 1 fully saturated rings. The lowest BCUT2D eigenvalue weighted by Crippen LogP contribution is -2.27. The predicted molar refractivity (Wildman–Crippen MR) is 94.8 cm³/mol. The molecule has 0 saturated carbocycles. The lowest BCUT2D eigenvalue weighted by Gasteiger charge is -2.23. The summed E-state index contributed by atoms with van der Waals surface area (Å²) in [7, 11) is 0. The average molecular weight is 322 g/mol. The Balaban J connectivity index is 2.07. The number of aromatic nitrogens is 2. The minimum Gasteiger partial charge on any atom is -0.355 e. The maximum absolute atomic E-state index is 4.82. The van der Waals surface area contributed by atoms with Crippen LogP contribution in [-0.4, -0.2) is 34.6 Å². The normalized spacial score (nSPS) is 16.7. The van der Waals surface area contributed by atoms with E-state index in [1.807, 2.05) is 6.92 Å². The topological polar surface area (TPSA) is 29.0 Å². The van der Waals surface area contributed by atoms with Crippen LogP contribution in [0, 0.1) is 12.8 Å². The van der Waals surface area contributed by atoms with Gasteiger partial charge in [0.25, 0.3) is 0 Å². The first-order valence-corrected chi connectivity index (χ1v) is 9.76. The van der Waals surface area contributed by atoms with Crippen LogP contribution >= 0.6 is 23.1 Å². The summed E-state index contributed by atoms with van der Waals surface area (Å²) < 4.78 is 0. The fraction of sp³-hybridized carbons (Fsp3) is 0.625. The molecule has 0 spiro atoms. The first-order chi connectivity index (χ1) is 10.1. The number of nitrogens with zero attached hydrogens (tertiary/aromatic N) is 3. The van der Waals surface area contributed by atoms with Crippen molar-refractivity contribution in [2.45, 2.75) is 33.6 Å². The molecule has 0 aromatic carbocycles. The van der Waals surface area contributed by atoms with Gasteiger partial charge in [0, 0.05) is 18.8 Å². The van der Waals surface area contributed by atoms with E-state index in [9.17, 15) is 0 Å². The standard InChI is InChI=1S/C16H23N3S2/c1-11(2)9-13-10-21-16-14(13)15(17-12(3)18-16)19-5-4-7-20-8-6-19/h10-11H,4-9H2,1-3H3. The molecule has 1 aliphatic rings. The first kappa shape index (κ1) is 15.1. The second-order valence-corrected chi connectivity index (χ2v) is 8.17. The second kappa shape index (κ2) is 6.53. The quantitative estimate of drug-likeness (QED) is 0.849. The molecule has 3 heterocycles. The van der Waals surface area contributed by atoms with Crippen LogP contribution in [0.1, 0.15) is 31.7 Å². The number of rotatable bonds is 3. The van der Waals surface area contributed by atoms with Crippen molar-refractivity contribution in [2.75, 3.05) is 29.5 Å². The highest BCUT2D eigenvalue weighted by atomic mass is 32.2. The average Bonchev–Trinajstić information content (AvgIpc) is 2.66. The summed E-state index contributed by atoms with van der Waals surface area (Å²) in [5, 5.41) is 3.60. The van der Waals surface area contributed by atoms with Crippen LogP contribution in [0.5, 0.6) is 0 Å². The minimum absolute atomic E-state index is 0.664. The summed E-state index contributed by atoms with van der Waals surface area (Å²) in [4.78, 5) is 13.1. The Morgan fingerprint density at radius 3 is 2.90 bits per heavy atom. The Kier molecular flexibility index (Phi) is 4.69. The third kappa shape index (κ3) is 3.34. The molecule has 1 saturated heterocycles. The Morgan fingerprint density at radius 2 is 2.10 bits per heavy atom. The molecule has 0 radical (unpaired) electrons. The highest BCUT2D eigenvalue weighted by molar-refractivity contribution is 7.99. The number of fused-ring (bicyclic) bond motifs is 1. The summed E-state index contributed by atoms with van der Waals surface area (Å²) in [5.41, 5.74) is 1.43. The van der Waals surface area contributed by atoms with E-state index in [1.54, 1.807) is 11.3 Å². The van der Waals surface area contributed by atoms with Crippen LogP contribution in [0.4, 0.5) is 5.82 Å². The van der Waals surface area contributed by atoms with Crippen LogP contribution in [-0.2, 0) is 6.42 Å². The lowest BCUT2D eigenvalue weighted by atomic mass is 10.0. The van der Waals surface area contributed by atoms with Crippen LogP contribution in [0.25, 0.3) is 10.2 Å². The Morgan fingerprint density at radius 1 is 1.24 bits per heavy atom. The van der Waals surface area contributed by atoms with Crippen molar-refractivity contribution in [1.29, 1.82) is 0 Å². The Hall–Kier alpha value is -0.810. The fourth-order valence-electron chi connectivity index (χ4n) is 2.86. The molecule has 2 aromatic rings. The first-order valence-electron chi connectivity index (χ1n) is 7.72. The third-order valence-corrected chi connectivity index (χ3v) is 5.72. The number of hydrogen-bond acceptors (Lipinski definition) is 5. The van der Waals surface area contributed by atoms with Gasteiger partial charge in [-0.2, -0.15) is 11.8 Å². The van der Waals surface area contributed by atoms with Crippen molar-refractivity contribution in [3.8, 4) is 0 Å². The van der Waals surface area contributed by atoms with Crippen LogP contribution in [0.2, 0.25) is 0 Å². The van der Waals surface area contributed by atoms with Gasteiger partial charge in [0.2, 0.25) is 0 Å². The number of thioether (sulfide) groups is 1. The lowest BCUT2D eigenvalue weighted by molar-refractivity contribution is 0.651. The number of hydrogen-bond donors (Lipinski definition) is 0. The van der Waals surface area contributed by atoms with E-state index in [0.717, 1.165) is 30.2 Å². The van der Waals surface area contributed by atoms with Gasteiger partial charge in [0.05, 0.1) is 5.39 Å². The summed E-state index contributed by atoms with van der Waals surface area (Å²) in [6.45, 7) is 8.79. The molecule has 21 heavy (non-hydrogen) atoms. The highest BCUT2D eigenvalue weighted by Crippen LogP contribution is 2.34.